The summed E-state index contributed by atoms with van der Waals surface area (Å²) in [5.74, 6) is 0. The van der Waals surface area contributed by atoms with Crippen molar-refractivity contribution in [3.8, 4) is 0 Å². The molecule has 0 saturated carbocycles. The molecule has 106 valence electrons. The van der Waals surface area contributed by atoms with Crippen LogP contribution in [0, 0.1) is 0 Å². The molecule has 0 unspecified atom stereocenters. The number of hydrogen-bond acceptors (Lipinski definition) is 2. The third kappa shape index (κ3) is 2.06. The van der Waals surface area contributed by atoms with Gasteiger partial charge in [0.2, 0.25) is 0 Å². The Morgan fingerprint density at radius 1 is 1.00 bits per heavy atom. The fourth-order valence-electron chi connectivity index (χ4n) is 3.22. The lowest BCUT2D eigenvalue weighted by atomic mass is 9.97. The second-order valence-corrected chi connectivity index (χ2v) is 6.70. The summed E-state index contributed by atoms with van der Waals surface area (Å²) in [6, 6.07) is 13.1. The standard InChI is InChI=1S/C19H18OS/c1-2-3-4-7-14-13-10-11-20-16(13)12-18-19(14)15-8-5-6-9-17(15)21-18/h5-6,8-12H,2-4,7H2,1H3. The van der Waals surface area contributed by atoms with Crippen molar-refractivity contribution in [1.29, 1.82) is 0 Å². The summed E-state index contributed by atoms with van der Waals surface area (Å²) in [6.07, 6.45) is 6.76. The van der Waals surface area contributed by atoms with Crippen molar-refractivity contribution >= 4 is 42.5 Å². The van der Waals surface area contributed by atoms with Gasteiger partial charge < -0.3 is 4.42 Å². The van der Waals surface area contributed by atoms with E-state index in [0.29, 0.717) is 0 Å². The van der Waals surface area contributed by atoms with E-state index in [1.807, 2.05) is 17.6 Å². The van der Waals surface area contributed by atoms with Crippen LogP contribution < -0.4 is 0 Å². The summed E-state index contributed by atoms with van der Waals surface area (Å²) in [5, 5.41) is 4.13. The molecule has 2 heteroatoms. The molecule has 0 aliphatic heterocycles. The van der Waals surface area contributed by atoms with Gasteiger partial charge in [0.15, 0.2) is 0 Å². The van der Waals surface area contributed by atoms with Crippen LogP contribution in [-0.4, -0.2) is 0 Å². The highest BCUT2D eigenvalue weighted by Crippen LogP contribution is 2.40. The zero-order valence-electron chi connectivity index (χ0n) is 12.2. The molecule has 2 aromatic heterocycles. The van der Waals surface area contributed by atoms with E-state index >= 15 is 0 Å². The van der Waals surface area contributed by atoms with Crippen molar-refractivity contribution in [3.63, 3.8) is 0 Å². The molecule has 4 aromatic rings. The maximum absolute atomic E-state index is 5.68. The lowest BCUT2D eigenvalue weighted by molar-refractivity contribution is 0.616. The Labute approximate surface area is 128 Å². The summed E-state index contributed by atoms with van der Waals surface area (Å²) >= 11 is 1.87. The van der Waals surface area contributed by atoms with Crippen molar-refractivity contribution in [3.05, 3.63) is 48.2 Å². The van der Waals surface area contributed by atoms with Crippen LogP contribution in [0.1, 0.15) is 31.7 Å². The molecule has 2 aromatic carbocycles. The molecule has 0 fully saturated rings. The van der Waals surface area contributed by atoms with Crippen LogP contribution in [0.2, 0.25) is 0 Å². The molecule has 1 nitrogen and oxygen atoms in total. The minimum atomic E-state index is 1.03. The van der Waals surface area contributed by atoms with Crippen molar-refractivity contribution < 1.29 is 4.42 Å². The summed E-state index contributed by atoms with van der Waals surface area (Å²) in [6.45, 7) is 2.26. The fourth-order valence-corrected chi connectivity index (χ4v) is 4.39. The Kier molecular flexibility index (Phi) is 3.19. The largest absolute Gasteiger partial charge is 0.464 e. The molecule has 0 N–H and O–H groups in total. The topological polar surface area (TPSA) is 13.1 Å². The Bertz CT molecular complexity index is 913. The van der Waals surface area contributed by atoms with Gasteiger partial charge in [0, 0.05) is 25.6 Å². The zero-order chi connectivity index (χ0) is 14.2. The highest BCUT2D eigenvalue weighted by atomic mass is 32.1. The number of furan rings is 1. The molecule has 0 spiro atoms. The SMILES string of the molecule is CCCCCc1c2ccoc2cc2sc3ccccc3c12. The van der Waals surface area contributed by atoms with Gasteiger partial charge in [0.25, 0.3) is 0 Å². The lowest BCUT2D eigenvalue weighted by Crippen LogP contribution is -1.88. The van der Waals surface area contributed by atoms with Crippen LogP contribution in [-0.2, 0) is 6.42 Å². The van der Waals surface area contributed by atoms with E-state index in [1.165, 1.54) is 50.4 Å². The summed E-state index contributed by atoms with van der Waals surface area (Å²) < 4.78 is 8.40. The third-order valence-electron chi connectivity index (χ3n) is 4.24. The predicted molar refractivity (Wildman–Crippen MR) is 92.3 cm³/mol. The number of benzene rings is 2. The van der Waals surface area contributed by atoms with Crippen LogP contribution in [0.5, 0.6) is 0 Å². The van der Waals surface area contributed by atoms with Crippen LogP contribution in [0.4, 0.5) is 0 Å². The van der Waals surface area contributed by atoms with Gasteiger partial charge >= 0.3 is 0 Å². The van der Waals surface area contributed by atoms with E-state index in [2.05, 4.69) is 43.3 Å². The molecule has 0 amide bonds. The van der Waals surface area contributed by atoms with Crippen molar-refractivity contribution in [2.45, 2.75) is 32.6 Å². The first-order valence-corrected chi connectivity index (χ1v) is 8.50. The monoisotopic (exact) mass is 294 g/mol. The maximum atomic E-state index is 5.68. The molecule has 0 aliphatic carbocycles. The van der Waals surface area contributed by atoms with Gasteiger partial charge in [-0.1, -0.05) is 38.0 Å². The predicted octanol–water partition coefficient (Wildman–Crippen LogP) is 6.53. The Morgan fingerprint density at radius 3 is 2.81 bits per heavy atom. The van der Waals surface area contributed by atoms with E-state index in [9.17, 15) is 0 Å². The summed E-state index contributed by atoms with van der Waals surface area (Å²) in [7, 11) is 0. The molecule has 2 heterocycles. The van der Waals surface area contributed by atoms with E-state index < -0.39 is 0 Å². The van der Waals surface area contributed by atoms with Crippen LogP contribution in [0.3, 0.4) is 0 Å². The molecule has 0 aliphatic rings. The molecular weight excluding hydrogens is 276 g/mol. The van der Waals surface area contributed by atoms with Crippen LogP contribution in [0.25, 0.3) is 31.1 Å². The first-order valence-electron chi connectivity index (χ1n) is 7.69. The van der Waals surface area contributed by atoms with Gasteiger partial charge in [-0.15, -0.1) is 11.3 Å². The minimum absolute atomic E-state index is 1.03. The van der Waals surface area contributed by atoms with Gasteiger partial charge in [0.1, 0.15) is 5.58 Å². The number of unbranched alkanes of at least 4 members (excludes halogenated alkanes) is 2. The third-order valence-corrected chi connectivity index (χ3v) is 5.36. The first kappa shape index (κ1) is 12.9. The molecule has 21 heavy (non-hydrogen) atoms. The van der Waals surface area contributed by atoms with E-state index in [0.717, 1.165) is 12.0 Å². The normalized spacial score (nSPS) is 11.9. The maximum Gasteiger partial charge on any atom is 0.135 e. The molecule has 0 atom stereocenters. The number of aryl methyl sites for hydroxylation is 1. The second-order valence-electron chi connectivity index (χ2n) is 5.62. The number of rotatable bonds is 4. The Hall–Kier alpha value is -1.80. The van der Waals surface area contributed by atoms with Gasteiger partial charge in [-0.25, -0.2) is 0 Å². The smallest absolute Gasteiger partial charge is 0.135 e. The van der Waals surface area contributed by atoms with E-state index in [4.69, 9.17) is 4.42 Å². The zero-order valence-corrected chi connectivity index (χ0v) is 13.0. The highest BCUT2D eigenvalue weighted by molar-refractivity contribution is 7.25. The summed E-state index contributed by atoms with van der Waals surface area (Å²) in [4.78, 5) is 0. The number of fused-ring (bicyclic) bond motifs is 4. The highest BCUT2D eigenvalue weighted by Gasteiger charge is 2.14. The van der Waals surface area contributed by atoms with E-state index in [-0.39, 0.29) is 0 Å². The van der Waals surface area contributed by atoms with E-state index in [1.54, 1.807) is 0 Å². The van der Waals surface area contributed by atoms with Crippen LogP contribution in [0.15, 0.2) is 47.1 Å². The van der Waals surface area contributed by atoms with Crippen LogP contribution >= 0.6 is 11.3 Å². The fraction of sp³-hybridized carbons (Fsp3) is 0.263. The van der Waals surface area contributed by atoms with Gasteiger partial charge in [-0.2, -0.15) is 0 Å². The average Bonchev–Trinajstić information content (AvgIpc) is 3.10. The average molecular weight is 294 g/mol. The Morgan fingerprint density at radius 2 is 1.90 bits per heavy atom. The number of hydrogen-bond donors (Lipinski definition) is 0. The molecule has 0 bridgehead atoms. The van der Waals surface area contributed by atoms with Gasteiger partial charge in [-0.05, 0) is 36.6 Å². The minimum Gasteiger partial charge on any atom is -0.464 e. The Balaban J connectivity index is 2.04. The second kappa shape index (κ2) is 5.19. The quantitative estimate of drug-likeness (QED) is 0.390. The molecule has 4 rings (SSSR count). The van der Waals surface area contributed by atoms with Crippen molar-refractivity contribution in [2.24, 2.45) is 0 Å². The molecule has 0 saturated heterocycles. The van der Waals surface area contributed by atoms with Crippen molar-refractivity contribution in [2.75, 3.05) is 0 Å². The van der Waals surface area contributed by atoms with Gasteiger partial charge in [-0.3, -0.25) is 0 Å². The number of thiophene rings is 1. The molecular formula is C19H18OS. The molecule has 0 radical (unpaired) electrons. The van der Waals surface area contributed by atoms with Crippen molar-refractivity contribution in [1.82, 2.24) is 0 Å². The summed E-state index contributed by atoms with van der Waals surface area (Å²) in [5.41, 5.74) is 2.50. The van der Waals surface area contributed by atoms with Gasteiger partial charge in [0.05, 0.1) is 6.26 Å². The first-order chi connectivity index (χ1) is 10.4. The lowest BCUT2D eigenvalue weighted by Gasteiger charge is -2.06.